The van der Waals surface area contributed by atoms with Crippen molar-refractivity contribution in [3.63, 3.8) is 0 Å². The lowest BCUT2D eigenvalue weighted by Gasteiger charge is -2.21. The Bertz CT molecular complexity index is 611. The Balaban J connectivity index is 2.56. The molecule has 0 aliphatic rings. The van der Waals surface area contributed by atoms with E-state index in [4.69, 9.17) is 0 Å². The van der Waals surface area contributed by atoms with Crippen molar-refractivity contribution in [2.45, 2.75) is 26.3 Å². The number of halogens is 2. The third-order valence-electron chi connectivity index (χ3n) is 3.54. The van der Waals surface area contributed by atoms with Crippen LogP contribution in [0.1, 0.15) is 35.2 Å². The Labute approximate surface area is 117 Å². The zero-order chi connectivity index (χ0) is 14.7. The van der Waals surface area contributed by atoms with Gasteiger partial charge in [0.05, 0.1) is 6.04 Å². The molecule has 1 unspecified atom stereocenters. The molecule has 0 bridgehead atoms. The third kappa shape index (κ3) is 2.56. The number of rotatable bonds is 4. The van der Waals surface area contributed by atoms with Crippen molar-refractivity contribution in [2.75, 3.05) is 7.05 Å². The van der Waals surface area contributed by atoms with E-state index in [9.17, 15) is 8.78 Å². The molecule has 0 amide bonds. The number of aryl methyl sites for hydroxylation is 2. The highest BCUT2D eigenvalue weighted by molar-refractivity contribution is 5.38. The van der Waals surface area contributed by atoms with Gasteiger partial charge >= 0.3 is 0 Å². The monoisotopic (exact) mass is 276 g/mol. The summed E-state index contributed by atoms with van der Waals surface area (Å²) in [4.78, 5) is 4.09. The van der Waals surface area contributed by atoms with Gasteiger partial charge in [0.1, 0.15) is 0 Å². The maximum absolute atomic E-state index is 14.2. The van der Waals surface area contributed by atoms with Crippen LogP contribution in [0.4, 0.5) is 8.78 Å². The summed E-state index contributed by atoms with van der Waals surface area (Å²) in [6.45, 7) is 3.57. The molecule has 2 aromatic rings. The number of pyridine rings is 1. The fourth-order valence-corrected chi connectivity index (χ4v) is 2.38. The van der Waals surface area contributed by atoms with E-state index in [-0.39, 0.29) is 6.04 Å². The first-order valence-electron chi connectivity index (χ1n) is 6.64. The summed E-state index contributed by atoms with van der Waals surface area (Å²) >= 11 is 0. The zero-order valence-corrected chi connectivity index (χ0v) is 11.9. The first-order valence-corrected chi connectivity index (χ1v) is 6.64. The van der Waals surface area contributed by atoms with Gasteiger partial charge in [-0.25, -0.2) is 8.78 Å². The van der Waals surface area contributed by atoms with Gasteiger partial charge in [0.25, 0.3) is 0 Å². The average molecular weight is 276 g/mol. The van der Waals surface area contributed by atoms with Crippen molar-refractivity contribution in [2.24, 2.45) is 0 Å². The lowest BCUT2D eigenvalue weighted by molar-refractivity contribution is 0.482. The summed E-state index contributed by atoms with van der Waals surface area (Å²) in [7, 11) is 1.74. The first kappa shape index (κ1) is 14.6. The molecule has 0 saturated heterocycles. The molecule has 0 radical (unpaired) electrons. The molecule has 1 N–H and O–H groups in total. The van der Waals surface area contributed by atoms with Crippen LogP contribution < -0.4 is 5.32 Å². The molecule has 1 aromatic carbocycles. The Kier molecular flexibility index (Phi) is 4.45. The van der Waals surface area contributed by atoms with E-state index in [0.29, 0.717) is 11.1 Å². The molecule has 0 fully saturated rings. The molecule has 20 heavy (non-hydrogen) atoms. The quantitative estimate of drug-likeness (QED) is 0.924. The van der Waals surface area contributed by atoms with Crippen molar-refractivity contribution < 1.29 is 8.78 Å². The van der Waals surface area contributed by atoms with Crippen LogP contribution in [0.3, 0.4) is 0 Å². The van der Waals surface area contributed by atoms with Gasteiger partial charge in [0.2, 0.25) is 0 Å². The Morgan fingerprint density at radius 3 is 2.55 bits per heavy atom. The second-order valence-electron chi connectivity index (χ2n) is 4.75. The van der Waals surface area contributed by atoms with E-state index < -0.39 is 11.6 Å². The highest BCUT2D eigenvalue weighted by Gasteiger charge is 2.21. The molecule has 1 heterocycles. The van der Waals surface area contributed by atoms with Gasteiger partial charge < -0.3 is 5.32 Å². The number of hydrogen-bond donors (Lipinski definition) is 1. The molecule has 0 aliphatic heterocycles. The standard InChI is InChI=1S/C16H18F2N2/c1-4-11-9-20-8-7-12(11)16(19-3)13-6-5-10(2)14(17)15(13)18/h5-9,16,19H,4H2,1-3H3. The van der Waals surface area contributed by atoms with Crippen molar-refractivity contribution in [3.05, 3.63) is 64.5 Å². The highest BCUT2D eigenvalue weighted by atomic mass is 19.2. The summed E-state index contributed by atoms with van der Waals surface area (Å²) in [5, 5.41) is 3.06. The minimum absolute atomic E-state index is 0.312. The topological polar surface area (TPSA) is 24.9 Å². The van der Waals surface area contributed by atoms with Crippen molar-refractivity contribution >= 4 is 0 Å². The van der Waals surface area contributed by atoms with E-state index in [0.717, 1.165) is 17.5 Å². The molecule has 2 rings (SSSR count). The fourth-order valence-electron chi connectivity index (χ4n) is 2.38. The summed E-state index contributed by atoms with van der Waals surface area (Å²) in [6, 6.07) is 4.69. The van der Waals surface area contributed by atoms with E-state index in [1.807, 2.05) is 13.0 Å². The van der Waals surface area contributed by atoms with Crippen molar-refractivity contribution in [3.8, 4) is 0 Å². The van der Waals surface area contributed by atoms with Crippen LogP contribution in [0.15, 0.2) is 30.6 Å². The predicted molar refractivity (Wildman–Crippen MR) is 75.6 cm³/mol. The third-order valence-corrected chi connectivity index (χ3v) is 3.54. The number of hydrogen-bond acceptors (Lipinski definition) is 2. The minimum Gasteiger partial charge on any atom is -0.309 e. The first-order chi connectivity index (χ1) is 9.60. The normalized spacial score (nSPS) is 12.4. The maximum atomic E-state index is 14.2. The number of nitrogens with zero attached hydrogens (tertiary/aromatic N) is 1. The van der Waals surface area contributed by atoms with Gasteiger partial charge in [-0.05, 0) is 43.1 Å². The van der Waals surface area contributed by atoms with Gasteiger partial charge in [0, 0.05) is 18.0 Å². The molecule has 1 aromatic heterocycles. The lowest BCUT2D eigenvalue weighted by Crippen LogP contribution is -2.21. The van der Waals surface area contributed by atoms with Crippen LogP contribution in [0.25, 0.3) is 0 Å². The molecule has 2 nitrogen and oxygen atoms in total. The average Bonchev–Trinajstić information content (AvgIpc) is 2.48. The van der Waals surface area contributed by atoms with E-state index in [1.54, 1.807) is 38.5 Å². The van der Waals surface area contributed by atoms with Gasteiger partial charge in [-0.2, -0.15) is 0 Å². The maximum Gasteiger partial charge on any atom is 0.164 e. The summed E-state index contributed by atoms with van der Waals surface area (Å²) in [5.74, 6) is -1.57. The number of benzene rings is 1. The van der Waals surface area contributed by atoms with Crippen molar-refractivity contribution in [1.29, 1.82) is 0 Å². The largest absolute Gasteiger partial charge is 0.309 e. The van der Waals surface area contributed by atoms with Crippen LogP contribution in [-0.2, 0) is 6.42 Å². The second kappa shape index (κ2) is 6.09. The van der Waals surface area contributed by atoms with Gasteiger partial charge in [-0.3, -0.25) is 4.98 Å². The number of aromatic nitrogens is 1. The summed E-state index contributed by atoms with van der Waals surface area (Å²) in [5.41, 5.74) is 2.57. The fraction of sp³-hybridized carbons (Fsp3) is 0.312. The molecule has 4 heteroatoms. The number of nitrogens with one attached hydrogen (secondary N) is 1. The van der Waals surface area contributed by atoms with Crippen LogP contribution in [0, 0.1) is 18.6 Å². The van der Waals surface area contributed by atoms with Crippen LogP contribution >= 0.6 is 0 Å². The van der Waals surface area contributed by atoms with Crippen molar-refractivity contribution in [1.82, 2.24) is 10.3 Å². The molecule has 0 aliphatic carbocycles. The SMILES string of the molecule is CCc1cnccc1C(NC)c1ccc(C)c(F)c1F. The zero-order valence-electron chi connectivity index (χ0n) is 11.9. The second-order valence-corrected chi connectivity index (χ2v) is 4.75. The van der Waals surface area contributed by atoms with Crippen LogP contribution in [0.5, 0.6) is 0 Å². The molecular formula is C16H18F2N2. The van der Waals surface area contributed by atoms with E-state index in [1.165, 1.54) is 0 Å². The van der Waals surface area contributed by atoms with Gasteiger partial charge in [0.15, 0.2) is 11.6 Å². The smallest absolute Gasteiger partial charge is 0.164 e. The van der Waals surface area contributed by atoms with Crippen LogP contribution in [0.2, 0.25) is 0 Å². The highest BCUT2D eigenvalue weighted by Crippen LogP contribution is 2.28. The van der Waals surface area contributed by atoms with E-state index in [2.05, 4.69) is 10.3 Å². The van der Waals surface area contributed by atoms with Crippen LogP contribution in [-0.4, -0.2) is 12.0 Å². The Morgan fingerprint density at radius 1 is 1.15 bits per heavy atom. The van der Waals surface area contributed by atoms with Gasteiger partial charge in [-0.1, -0.05) is 19.1 Å². The summed E-state index contributed by atoms with van der Waals surface area (Å²) < 4.78 is 28.0. The molecule has 0 spiro atoms. The molecular weight excluding hydrogens is 258 g/mol. The van der Waals surface area contributed by atoms with E-state index >= 15 is 0 Å². The predicted octanol–water partition coefficient (Wildman–Crippen LogP) is 3.54. The molecule has 1 atom stereocenters. The van der Waals surface area contributed by atoms with Gasteiger partial charge in [-0.15, -0.1) is 0 Å². The summed E-state index contributed by atoms with van der Waals surface area (Å²) in [6.07, 6.45) is 4.22. The Morgan fingerprint density at radius 2 is 1.90 bits per heavy atom. The minimum atomic E-state index is -0.789. The molecule has 0 saturated carbocycles. The Hall–Kier alpha value is -1.81. The molecule has 106 valence electrons. The lowest BCUT2D eigenvalue weighted by atomic mass is 9.93.